The average molecular weight is 795 g/mol. The predicted molar refractivity (Wildman–Crippen MR) is 217 cm³/mol. The third-order valence-electron chi connectivity index (χ3n) is 9.22. The monoisotopic (exact) mass is 794 g/mol. The first-order valence-corrected chi connectivity index (χ1v) is 19.4. The van der Waals surface area contributed by atoms with Gasteiger partial charge in [-0.3, -0.25) is 14.4 Å². The lowest BCUT2D eigenvalue weighted by Crippen LogP contribution is -3.00. The second-order valence-electron chi connectivity index (χ2n) is 14.2. The lowest BCUT2D eigenvalue weighted by Gasteiger charge is -2.27. The molecule has 0 spiro atoms. The van der Waals surface area contributed by atoms with Crippen molar-refractivity contribution >= 4 is 34.4 Å². The van der Waals surface area contributed by atoms with Crippen LogP contribution >= 0.6 is 0 Å². The van der Waals surface area contributed by atoms with Gasteiger partial charge in [-0.25, -0.2) is 4.58 Å². The van der Waals surface area contributed by atoms with E-state index in [1.54, 1.807) is 0 Å². The fraction of sp³-hybridized carbons (Fsp3) is 0.488. The topological polar surface area (TPSA) is 134 Å². The molecule has 56 heavy (non-hydrogen) atoms. The van der Waals surface area contributed by atoms with Crippen LogP contribution in [0.4, 0.5) is 5.69 Å². The van der Waals surface area contributed by atoms with E-state index < -0.39 is 11.5 Å². The maximum atomic E-state index is 14.7. The van der Waals surface area contributed by atoms with E-state index in [9.17, 15) is 14.4 Å². The number of carboxylic acid groups (broad SMARTS) is 1. The second-order valence-corrected chi connectivity index (χ2v) is 14.2. The fourth-order valence-electron chi connectivity index (χ4n) is 6.55. The summed E-state index contributed by atoms with van der Waals surface area (Å²) in [5.74, 6) is -0.755. The van der Waals surface area contributed by atoms with Crippen LogP contribution < -0.4 is 32.6 Å². The summed E-state index contributed by atoms with van der Waals surface area (Å²) in [6.45, 7) is 19.2. The van der Waals surface area contributed by atoms with Crippen LogP contribution in [0.15, 0.2) is 65.1 Å². The summed E-state index contributed by atoms with van der Waals surface area (Å²) in [5.41, 5.74) is 4.27. The Bertz CT molecular complexity index is 1930. The molecule has 2 aromatic carbocycles. The molecule has 0 fully saturated rings. The molecule has 12 nitrogen and oxygen atoms in total. The van der Waals surface area contributed by atoms with Crippen LogP contribution in [0.2, 0.25) is 0 Å². The molecule has 0 atom stereocenters. The standard InChI is InChI=1S/C43H58N4O8.ClH/c1-8-45(9-2)31-16-18-35-37(28-31)55-38-29-32(46(10-3)11-4)17-19-36(38)41(35)33-14-12-13-15-34(33)42(51)47(30-39(48)44-43(5,6)7)21-23-53-25-27-54-26-24-52-22-20-40(49)50;/h12-19,28-29H,8-11,20-27,30H2,1-7H3,(H-,44,48,49,50);1H. The van der Waals surface area contributed by atoms with E-state index in [1.807, 2.05) is 45.0 Å². The number of nitrogens with one attached hydrogen (secondary N) is 1. The summed E-state index contributed by atoms with van der Waals surface area (Å²) in [6, 6.07) is 20.1. The SMILES string of the molecule is CCN(CC)c1ccc2c(-c3ccccc3C(=O)N(CCOCCOCCOCCC(=O)O)CC(=O)NC(C)(C)C)c3ccc(=[N+](CC)CC)cc-3oc2c1.[Cl-]. The van der Waals surface area contributed by atoms with E-state index >= 15 is 0 Å². The fourth-order valence-corrected chi connectivity index (χ4v) is 6.55. The molecule has 2 amide bonds. The van der Waals surface area contributed by atoms with Gasteiger partial charge in [-0.1, -0.05) is 18.2 Å². The molecule has 306 valence electrons. The van der Waals surface area contributed by atoms with Crippen molar-refractivity contribution in [3.05, 3.63) is 71.6 Å². The maximum Gasteiger partial charge on any atom is 0.305 e. The first kappa shape index (κ1) is 45.9. The summed E-state index contributed by atoms with van der Waals surface area (Å²) >= 11 is 0. The van der Waals surface area contributed by atoms with Crippen molar-refractivity contribution in [2.24, 2.45) is 0 Å². The van der Waals surface area contributed by atoms with Crippen LogP contribution in [-0.4, -0.2) is 112 Å². The second kappa shape index (κ2) is 22.3. The van der Waals surface area contributed by atoms with E-state index in [4.69, 9.17) is 23.7 Å². The molecule has 0 unspecified atom stereocenters. The Balaban J connectivity index is 0.00000841. The normalized spacial score (nSPS) is 11.3. The predicted octanol–water partition coefficient (Wildman–Crippen LogP) is 2.75. The zero-order chi connectivity index (χ0) is 40.0. The van der Waals surface area contributed by atoms with E-state index in [1.165, 1.54) is 4.90 Å². The number of hydrogen-bond acceptors (Lipinski definition) is 8. The first-order chi connectivity index (χ1) is 26.4. The Morgan fingerprint density at radius 2 is 1.45 bits per heavy atom. The quantitative estimate of drug-likeness (QED) is 0.0743. The zero-order valence-corrected chi connectivity index (χ0v) is 34.7. The van der Waals surface area contributed by atoms with Gasteiger partial charge >= 0.3 is 5.97 Å². The zero-order valence-electron chi connectivity index (χ0n) is 34.0. The molecule has 0 aromatic heterocycles. The number of halogens is 1. The summed E-state index contributed by atoms with van der Waals surface area (Å²) in [5, 5.41) is 13.6. The number of carboxylic acids is 1. The van der Waals surface area contributed by atoms with Gasteiger partial charge in [-0.05, 0) is 78.3 Å². The lowest BCUT2D eigenvalue weighted by atomic mass is 9.90. The Morgan fingerprint density at radius 3 is 2.07 bits per heavy atom. The van der Waals surface area contributed by atoms with Crippen molar-refractivity contribution in [2.45, 2.75) is 60.4 Å². The molecule has 0 radical (unpaired) electrons. The molecule has 2 aromatic rings. The van der Waals surface area contributed by atoms with Gasteiger partial charge in [-0.2, -0.15) is 0 Å². The first-order valence-electron chi connectivity index (χ1n) is 19.4. The molecule has 0 saturated carbocycles. The minimum absolute atomic E-state index is 0. The smallest absolute Gasteiger partial charge is 0.305 e. The van der Waals surface area contributed by atoms with Crippen molar-refractivity contribution in [3.63, 3.8) is 0 Å². The summed E-state index contributed by atoms with van der Waals surface area (Å²) in [7, 11) is 0. The highest BCUT2D eigenvalue weighted by Gasteiger charge is 2.27. The third kappa shape index (κ3) is 12.8. The van der Waals surface area contributed by atoms with Gasteiger partial charge in [0.1, 0.15) is 24.4 Å². The molecule has 0 saturated heterocycles. The maximum absolute atomic E-state index is 14.7. The van der Waals surface area contributed by atoms with Crippen molar-refractivity contribution in [1.29, 1.82) is 0 Å². The molecule has 2 N–H and O–H groups in total. The van der Waals surface area contributed by atoms with Gasteiger partial charge in [0.2, 0.25) is 11.3 Å². The number of carbonyl (C=O) groups excluding carboxylic acids is 2. The van der Waals surface area contributed by atoms with Crippen molar-refractivity contribution < 1.29 is 50.5 Å². The van der Waals surface area contributed by atoms with Gasteiger partial charge in [0, 0.05) is 65.1 Å². The van der Waals surface area contributed by atoms with E-state index in [0.717, 1.165) is 70.6 Å². The number of rotatable bonds is 21. The van der Waals surface area contributed by atoms with Gasteiger partial charge in [0.15, 0.2) is 0 Å². The summed E-state index contributed by atoms with van der Waals surface area (Å²) < 4.78 is 25.6. The Hall–Kier alpha value is -4.49. The molecule has 0 bridgehead atoms. The summed E-state index contributed by atoms with van der Waals surface area (Å²) in [6.07, 6.45) is -0.0551. The number of anilines is 1. The number of amides is 2. The number of benzene rings is 3. The third-order valence-corrected chi connectivity index (χ3v) is 9.22. The summed E-state index contributed by atoms with van der Waals surface area (Å²) in [4.78, 5) is 42.4. The number of ether oxygens (including phenoxy) is 3. The molecule has 13 heteroatoms. The molecule has 1 heterocycles. The number of aliphatic carboxylic acids is 1. The van der Waals surface area contributed by atoms with Gasteiger partial charge in [0.25, 0.3) is 5.91 Å². The van der Waals surface area contributed by atoms with Gasteiger partial charge in [0.05, 0.1) is 58.7 Å². The number of carbonyl (C=O) groups is 3. The van der Waals surface area contributed by atoms with Crippen LogP contribution in [0.25, 0.3) is 33.4 Å². The lowest BCUT2D eigenvalue weighted by molar-refractivity contribution is -0.138. The van der Waals surface area contributed by atoms with Crippen LogP contribution in [0.1, 0.15) is 65.2 Å². The van der Waals surface area contributed by atoms with Crippen molar-refractivity contribution in [3.8, 4) is 22.5 Å². The molecule has 2 aliphatic rings. The molecule has 4 rings (SSSR count). The number of fused-ring (bicyclic) bond motifs is 2. The van der Waals surface area contributed by atoms with Crippen molar-refractivity contribution in [2.75, 3.05) is 83.8 Å². The Labute approximate surface area is 337 Å². The van der Waals surface area contributed by atoms with Crippen LogP contribution in [0.5, 0.6) is 0 Å². The van der Waals surface area contributed by atoms with E-state index in [0.29, 0.717) is 18.8 Å². The molecule has 1 aliphatic carbocycles. The van der Waals surface area contributed by atoms with Gasteiger partial charge in [-0.15, -0.1) is 0 Å². The van der Waals surface area contributed by atoms with E-state index in [-0.39, 0.29) is 70.2 Å². The molecular formula is C43H59ClN4O8. The Kier molecular flexibility index (Phi) is 18.3. The van der Waals surface area contributed by atoms with Gasteiger partial charge < -0.3 is 51.3 Å². The highest BCUT2D eigenvalue weighted by molar-refractivity contribution is 6.09. The average Bonchev–Trinajstić information content (AvgIpc) is 3.15. The molecule has 1 aliphatic heterocycles. The van der Waals surface area contributed by atoms with Crippen LogP contribution in [-0.2, 0) is 23.8 Å². The largest absolute Gasteiger partial charge is 1.00 e. The van der Waals surface area contributed by atoms with Crippen LogP contribution in [0.3, 0.4) is 0 Å². The molecular weight excluding hydrogens is 736 g/mol. The van der Waals surface area contributed by atoms with Crippen LogP contribution in [0, 0.1) is 0 Å². The number of hydrogen-bond donors (Lipinski definition) is 2. The number of nitrogens with zero attached hydrogens (tertiary/aromatic N) is 3. The highest BCUT2D eigenvalue weighted by atomic mass is 35.5. The van der Waals surface area contributed by atoms with E-state index in [2.05, 4.69) is 78.9 Å². The minimum Gasteiger partial charge on any atom is -1.00 e. The van der Waals surface area contributed by atoms with Crippen molar-refractivity contribution in [1.82, 2.24) is 14.8 Å². The Morgan fingerprint density at radius 1 is 0.804 bits per heavy atom. The minimum atomic E-state index is -0.909. The highest BCUT2D eigenvalue weighted by Crippen LogP contribution is 2.42.